The van der Waals surface area contributed by atoms with Crippen molar-refractivity contribution in [3.8, 4) is 6.07 Å². The van der Waals surface area contributed by atoms with E-state index in [4.69, 9.17) is 11.0 Å². The van der Waals surface area contributed by atoms with Crippen LogP contribution in [0.3, 0.4) is 0 Å². The third-order valence-corrected chi connectivity index (χ3v) is 2.58. The number of hydrogen-bond donors (Lipinski definition) is 1. The molecule has 0 aliphatic heterocycles. The first-order valence-electron chi connectivity index (χ1n) is 4.06. The van der Waals surface area contributed by atoms with Crippen LogP contribution in [-0.4, -0.2) is 10.7 Å². The molecule has 2 N–H and O–H groups in total. The monoisotopic (exact) mass is 252 g/mol. The highest BCUT2D eigenvalue weighted by atomic mass is 79.9. The minimum absolute atomic E-state index is 0.351. The number of alkyl halides is 1. The number of rotatable bonds is 3. The summed E-state index contributed by atoms with van der Waals surface area (Å²) in [4.78, 5) is 10.4. The fourth-order valence-corrected chi connectivity index (χ4v) is 1.40. The Labute approximate surface area is 90.7 Å². The molecule has 0 saturated heterocycles. The average molecular weight is 253 g/mol. The second-order valence-corrected chi connectivity index (χ2v) is 3.99. The normalized spacial score (nSPS) is 11.7. The van der Waals surface area contributed by atoms with Crippen LogP contribution in [0.4, 0.5) is 0 Å². The van der Waals surface area contributed by atoms with E-state index < -0.39 is 0 Å². The van der Waals surface area contributed by atoms with Gasteiger partial charge >= 0.3 is 0 Å². The first kappa shape index (κ1) is 10.7. The van der Waals surface area contributed by atoms with Crippen LogP contribution >= 0.6 is 15.9 Å². The van der Waals surface area contributed by atoms with Gasteiger partial charge in [0.25, 0.3) is 0 Å². The van der Waals surface area contributed by atoms with E-state index in [1.807, 2.05) is 18.2 Å². The van der Waals surface area contributed by atoms with Crippen LogP contribution in [0, 0.1) is 11.3 Å². The molecule has 1 unspecified atom stereocenters. The van der Waals surface area contributed by atoms with Gasteiger partial charge in [-0.25, -0.2) is 0 Å². The Morgan fingerprint density at radius 2 is 2.07 bits per heavy atom. The van der Waals surface area contributed by atoms with E-state index in [0.717, 1.165) is 5.56 Å². The van der Waals surface area contributed by atoms with Gasteiger partial charge in [-0.1, -0.05) is 28.1 Å². The van der Waals surface area contributed by atoms with Gasteiger partial charge in [0.15, 0.2) is 0 Å². The molecule has 1 amide bonds. The van der Waals surface area contributed by atoms with Crippen LogP contribution in [0.15, 0.2) is 24.3 Å². The first-order valence-corrected chi connectivity index (χ1v) is 4.97. The molecule has 0 saturated carbocycles. The summed E-state index contributed by atoms with van der Waals surface area (Å²) in [5, 5.41) is 8.57. The molecule has 0 aliphatic rings. The van der Waals surface area contributed by atoms with Crippen molar-refractivity contribution in [1.29, 1.82) is 5.26 Å². The standard InChI is InChI=1S/C10H9BrN2O/c11-9(10(13)14)5-7-1-3-8(6-12)4-2-7/h1-4,9H,5H2,(H2,13,14). The Morgan fingerprint density at radius 1 is 1.50 bits per heavy atom. The minimum Gasteiger partial charge on any atom is -0.369 e. The van der Waals surface area contributed by atoms with Gasteiger partial charge in [-0.3, -0.25) is 4.79 Å². The fourth-order valence-electron chi connectivity index (χ4n) is 1.02. The summed E-state index contributed by atoms with van der Waals surface area (Å²) in [6, 6.07) is 9.09. The number of carbonyl (C=O) groups is 1. The Balaban J connectivity index is 2.70. The number of nitrogens with two attached hydrogens (primary N) is 1. The molecule has 1 atom stereocenters. The number of nitrogens with zero attached hydrogens (tertiary/aromatic N) is 1. The van der Waals surface area contributed by atoms with E-state index >= 15 is 0 Å². The third kappa shape index (κ3) is 2.86. The highest BCUT2D eigenvalue weighted by Crippen LogP contribution is 2.10. The van der Waals surface area contributed by atoms with Crippen molar-refractivity contribution in [3.63, 3.8) is 0 Å². The summed E-state index contributed by atoms with van der Waals surface area (Å²) in [5.41, 5.74) is 6.69. The number of benzene rings is 1. The molecule has 0 aromatic heterocycles. The zero-order valence-electron chi connectivity index (χ0n) is 7.40. The molecule has 1 rings (SSSR count). The molecule has 0 fully saturated rings. The van der Waals surface area contributed by atoms with Crippen LogP contribution < -0.4 is 5.73 Å². The zero-order chi connectivity index (χ0) is 10.6. The Kier molecular flexibility index (Phi) is 3.66. The number of nitriles is 1. The lowest BCUT2D eigenvalue weighted by molar-refractivity contribution is -0.117. The van der Waals surface area contributed by atoms with Gasteiger partial charge in [0.05, 0.1) is 16.5 Å². The number of amides is 1. The van der Waals surface area contributed by atoms with Crippen molar-refractivity contribution in [1.82, 2.24) is 0 Å². The Bertz CT molecular complexity index is 367. The molecule has 1 aromatic carbocycles. The summed E-state index contributed by atoms with van der Waals surface area (Å²) in [5.74, 6) is -0.380. The van der Waals surface area contributed by atoms with Crippen molar-refractivity contribution in [2.45, 2.75) is 11.2 Å². The van der Waals surface area contributed by atoms with Crippen LogP contribution in [0.25, 0.3) is 0 Å². The second kappa shape index (κ2) is 4.77. The molecule has 0 spiro atoms. The van der Waals surface area contributed by atoms with E-state index in [-0.39, 0.29) is 10.7 Å². The van der Waals surface area contributed by atoms with E-state index in [1.165, 1.54) is 0 Å². The predicted molar refractivity (Wildman–Crippen MR) is 56.8 cm³/mol. The number of hydrogen-bond acceptors (Lipinski definition) is 2. The minimum atomic E-state index is -0.380. The summed E-state index contributed by atoms with van der Waals surface area (Å²) >= 11 is 3.17. The largest absolute Gasteiger partial charge is 0.369 e. The van der Waals surface area contributed by atoms with Crippen molar-refractivity contribution in [3.05, 3.63) is 35.4 Å². The van der Waals surface area contributed by atoms with Crippen LogP contribution in [-0.2, 0) is 11.2 Å². The highest BCUT2D eigenvalue weighted by Gasteiger charge is 2.10. The molecule has 72 valence electrons. The fraction of sp³-hybridized carbons (Fsp3) is 0.200. The maximum atomic E-state index is 10.7. The van der Waals surface area contributed by atoms with Gasteiger partial charge in [-0.15, -0.1) is 0 Å². The highest BCUT2D eigenvalue weighted by molar-refractivity contribution is 9.10. The van der Waals surface area contributed by atoms with Crippen LogP contribution in [0.2, 0.25) is 0 Å². The van der Waals surface area contributed by atoms with E-state index in [2.05, 4.69) is 15.9 Å². The summed E-state index contributed by atoms with van der Waals surface area (Å²) in [6.07, 6.45) is 0.543. The van der Waals surface area contributed by atoms with E-state index in [0.29, 0.717) is 12.0 Å². The van der Waals surface area contributed by atoms with E-state index in [9.17, 15) is 4.79 Å². The van der Waals surface area contributed by atoms with Gasteiger partial charge in [0, 0.05) is 0 Å². The lowest BCUT2D eigenvalue weighted by atomic mass is 10.1. The number of primary amides is 1. The summed E-state index contributed by atoms with van der Waals surface area (Å²) < 4.78 is 0. The maximum Gasteiger partial charge on any atom is 0.231 e. The van der Waals surface area contributed by atoms with Gasteiger partial charge in [-0.2, -0.15) is 5.26 Å². The van der Waals surface area contributed by atoms with E-state index in [1.54, 1.807) is 12.1 Å². The molecular weight excluding hydrogens is 244 g/mol. The lowest BCUT2D eigenvalue weighted by Crippen LogP contribution is -2.24. The summed E-state index contributed by atoms with van der Waals surface area (Å²) in [7, 11) is 0. The molecule has 1 aromatic rings. The van der Waals surface area contributed by atoms with Crippen molar-refractivity contribution in [2.75, 3.05) is 0 Å². The quantitative estimate of drug-likeness (QED) is 0.826. The van der Waals surface area contributed by atoms with Gasteiger partial charge < -0.3 is 5.73 Å². The zero-order valence-corrected chi connectivity index (χ0v) is 8.99. The predicted octanol–water partition coefficient (Wildman–Crippen LogP) is 1.35. The van der Waals surface area contributed by atoms with Crippen LogP contribution in [0.1, 0.15) is 11.1 Å². The first-order chi connectivity index (χ1) is 6.63. The molecule has 0 radical (unpaired) electrons. The van der Waals surface area contributed by atoms with Gasteiger partial charge in [0.2, 0.25) is 5.91 Å². The number of carbonyl (C=O) groups excluding carboxylic acids is 1. The molecule has 14 heavy (non-hydrogen) atoms. The lowest BCUT2D eigenvalue weighted by Gasteiger charge is -2.04. The molecule has 0 aliphatic carbocycles. The van der Waals surface area contributed by atoms with Crippen molar-refractivity contribution < 1.29 is 4.79 Å². The Morgan fingerprint density at radius 3 is 2.50 bits per heavy atom. The summed E-state index contributed by atoms with van der Waals surface area (Å²) in [6.45, 7) is 0. The van der Waals surface area contributed by atoms with Crippen LogP contribution in [0.5, 0.6) is 0 Å². The van der Waals surface area contributed by atoms with Gasteiger partial charge in [-0.05, 0) is 24.1 Å². The molecule has 0 heterocycles. The molecule has 0 bridgehead atoms. The average Bonchev–Trinajstić information content (AvgIpc) is 2.19. The number of halogens is 1. The maximum absolute atomic E-state index is 10.7. The van der Waals surface area contributed by atoms with Crippen molar-refractivity contribution in [2.24, 2.45) is 5.73 Å². The molecule has 3 nitrogen and oxygen atoms in total. The smallest absolute Gasteiger partial charge is 0.231 e. The van der Waals surface area contributed by atoms with Gasteiger partial charge in [0.1, 0.15) is 0 Å². The second-order valence-electron chi connectivity index (χ2n) is 2.88. The molecular formula is C10H9BrN2O. The third-order valence-electron chi connectivity index (χ3n) is 1.81. The Hall–Kier alpha value is -1.34. The van der Waals surface area contributed by atoms with Crippen molar-refractivity contribution >= 4 is 21.8 Å². The topological polar surface area (TPSA) is 66.9 Å². The SMILES string of the molecule is N#Cc1ccc(CC(Br)C(N)=O)cc1. The molecule has 4 heteroatoms.